The van der Waals surface area contributed by atoms with Crippen molar-refractivity contribution in [3.8, 4) is 5.75 Å². The number of halogens is 2. The monoisotopic (exact) mass is 637 g/mol. The minimum atomic E-state index is -0.444. The Hall–Kier alpha value is -1.18. The van der Waals surface area contributed by atoms with E-state index in [9.17, 15) is 9.59 Å². The molecule has 144 valence electrons. The number of carbonyl (C=O) groups is 2. The molecule has 3 rings (SSSR count). The summed E-state index contributed by atoms with van der Waals surface area (Å²) in [5.74, 6) is 0.0260. The van der Waals surface area contributed by atoms with Crippen LogP contribution >= 0.6 is 69.2 Å². The van der Waals surface area contributed by atoms with Gasteiger partial charge in [-0.3, -0.25) is 9.69 Å². The van der Waals surface area contributed by atoms with Crippen molar-refractivity contribution >= 4 is 97.1 Å². The van der Waals surface area contributed by atoms with Crippen molar-refractivity contribution in [1.82, 2.24) is 0 Å². The van der Waals surface area contributed by atoms with Gasteiger partial charge in [-0.2, -0.15) is 0 Å². The van der Waals surface area contributed by atoms with E-state index in [4.69, 9.17) is 17.0 Å². The zero-order valence-corrected chi connectivity index (χ0v) is 20.4. The third-order valence-electron chi connectivity index (χ3n) is 3.69. The van der Waals surface area contributed by atoms with E-state index in [2.05, 4.69) is 49.9 Å². The van der Waals surface area contributed by atoms with Crippen molar-refractivity contribution in [2.24, 2.45) is 0 Å². The first-order valence-corrected chi connectivity index (χ1v) is 11.3. The number of esters is 1. The zero-order chi connectivity index (χ0) is 20.3. The molecule has 0 saturated carbocycles. The molecular weight excluding hydrogens is 624 g/mol. The van der Waals surface area contributed by atoms with Crippen LogP contribution in [0.15, 0.2) is 47.4 Å². The second-order valence-electron chi connectivity index (χ2n) is 5.53. The second-order valence-corrected chi connectivity index (χ2v) is 9.53. The number of rotatable bonds is 5. The number of carbonyl (C=O) groups excluding carboxylic acids is 2. The lowest BCUT2D eigenvalue weighted by molar-refractivity contribution is -0.142. The van der Waals surface area contributed by atoms with Crippen LogP contribution in [0.4, 0.5) is 5.69 Å². The van der Waals surface area contributed by atoms with Crippen molar-refractivity contribution in [3.05, 3.63) is 60.1 Å². The molecule has 2 aromatic rings. The van der Waals surface area contributed by atoms with Gasteiger partial charge in [0.05, 0.1) is 24.8 Å². The Morgan fingerprint density at radius 2 is 1.86 bits per heavy atom. The molecule has 2 aromatic carbocycles. The molecule has 28 heavy (non-hydrogen) atoms. The molecule has 5 nitrogen and oxygen atoms in total. The Bertz CT molecular complexity index is 956. The van der Waals surface area contributed by atoms with Gasteiger partial charge in [0.25, 0.3) is 5.91 Å². The standard InChI is InChI=1S/C19H13I2NO4S2/c1-25-16(23)10-26-17-13(20)7-11(8-14(17)21)9-15-18(24)22(19(27)28-15)12-5-3-2-4-6-12/h2-9H,10H2,1H3/b15-9+. The van der Waals surface area contributed by atoms with Crippen LogP contribution in [-0.4, -0.2) is 29.9 Å². The lowest BCUT2D eigenvalue weighted by Gasteiger charge is -2.13. The summed E-state index contributed by atoms with van der Waals surface area (Å²) in [4.78, 5) is 26.2. The number of anilines is 1. The molecule has 0 radical (unpaired) electrons. The maximum atomic E-state index is 12.8. The summed E-state index contributed by atoms with van der Waals surface area (Å²) in [5.41, 5.74) is 1.61. The van der Waals surface area contributed by atoms with E-state index in [0.717, 1.165) is 18.4 Å². The van der Waals surface area contributed by atoms with Gasteiger partial charge in [0.15, 0.2) is 10.9 Å². The number of methoxy groups -OCH3 is 1. The number of nitrogens with zero attached hydrogens (tertiary/aromatic N) is 1. The zero-order valence-electron chi connectivity index (χ0n) is 14.5. The van der Waals surface area contributed by atoms with Crippen LogP contribution in [0.3, 0.4) is 0 Å². The molecule has 1 amide bonds. The molecule has 0 bridgehead atoms. The average Bonchev–Trinajstić information content (AvgIpc) is 2.94. The number of amides is 1. The van der Waals surface area contributed by atoms with Crippen molar-refractivity contribution in [2.45, 2.75) is 0 Å². The molecule has 0 unspecified atom stereocenters. The molecular formula is C19H13I2NO4S2. The molecule has 1 aliphatic rings. The lowest BCUT2D eigenvalue weighted by Crippen LogP contribution is -2.27. The minimum absolute atomic E-state index is 0.141. The van der Waals surface area contributed by atoms with Gasteiger partial charge in [0, 0.05) is 0 Å². The van der Waals surface area contributed by atoms with Crippen molar-refractivity contribution in [3.63, 3.8) is 0 Å². The smallest absolute Gasteiger partial charge is 0.343 e. The highest BCUT2D eigenvalue weighted by Gasteiger charge is 2.33. The predicted octanol–water partition coefficient (Wildman–Crippen LogP) is 4.85. The van der Waals surface area contributed by atoms with Gasteiger partial charge in [0.1, 0.15) is 5.75 Å². The molecule has 0 atom stereocenters. The summed E-state index contributed by atoms with van der Waals surface area (Å²) in [7, 11) is 1.32. The lowest BCUT2D eigenvalue weighted by atomic mass is 10.2. The summed E-state index contributed by atoms with van der Waals surface area (Å²) in [5, 5.41) is 0. The molecule has 0 aliphatic carbocycles. The fourth-order valence-electron chi connectivity index (χ4n) is 2.41. The van der Waals surface area contributed by atoms with E-state index in [0.29, 0.717) is 15.0 Å². The summed E-state index contributed by atoms with van der Waals surface area (Å²) >= 11 is 11.0. The van der Waals surface area contributed by atoms with Gasteiger partial charge in [-0.15, -0.1) is 0 Å². The molecule has 0 spiro atoms. The van der Waals surface area contributed by atoms with E-state index in [-0.39, 0.29) is 12.5 Å². The van der Waals surface area contributed by atoms with Crippen LogP contribution in [0, 0.1) is 7.14 Å². The first-order valence-electron chi connectivity index (χ1n) is 7.92. The van der Waals surface area contributed by atoms with Gasteiger partial charge in [-0.25, -0.2) is 4.79 Å². The highest BCUT2D eigenvalue weighted by atomic mass is 127. The van der Waals surface area contributed by atoms with Gasteiger partial charge >= 0.3 is 5.97 Å². The fourth-order valence-corrected chi connectivity index (χ4v) is 5.84. The quantitative estimate of drug-likeness (QED) is 0.202. The second kappa shape index (κ2) is 9.55. The number of thioether (sulfide) groups is 1. The predicted molar refractivity (Wildman–Crippen MR) is 131 cm³/mol. The van der Waals surface area contributed by atoms with Gasteiger partial charge < -0.3 is 9.47 Å². The largest absolute Gasteiger partial charge is 0.480 e. The SMILES string of the molecule is COC(=O)COc1c(I)cc(/C=C2/SC(=S)N(c3ccccc3)C2=O)cc1I. The Balaban J connectivity index is 1.85. The van der Waals surface area contributed by atoms with E-state index in [1.165, 1.54) is 23.8 Å². The number of para-hydroxylation sites is 1. The maximum Gasteiger partial charge on any atom is 0.343 e. The van der Waals surface area contributed by atoms with Crippen molar-refractivity contribution < 1.29 is 19.1 Å². The van der Waals surface area contributed by atoms with Crippen LogP contribution in [-0.2, 0) is 14.3 Å². The van der Waals surface area contributed by atoms with Gasteiger partial charge in [-0.1, -0.05) is 42.2 Å². The van der Waals surface area contributed by atoms with E-state index in [1.54, 1.807) is 0 Å². The van der Waals surface area contributed by atoms with Gasteiger partial charge in [0.2, 0.25) is 0 Å². The van der Waals surface area contributed by atoms with E-state index in [1.807, 2.05) is 48.5 Å². The van der Waals surface area contributed by atoms with Crippen LogP contribution < -0.4 is 9.64 Å². The van der Waals surface area contributed by atoms with Crippen LogP contribution in [0.5, 0.6) is 5.75 Å². The average molecular weight is 637 g/mol. The number of ether oxygens (including phenoxy) is 2. The third kappa shape index (κ3) is 4.86. The fraction of sp³-hybridized carbons (Fsp3) is 0.105. The minimum Gasteiger partial charge on any atom is -0.480 e. The molecule has 1 saturated heterocycles. The number of thiocarbonyl (C=S) groups is 1. The first-order chi connectivity index (χ1) is 13.4. The number of hydrogen-bond donors (Lipinski definition) is 0. The molecule has 1 fully saturated rings. The summed E-state index contributed by atoms with van der Waals surface area (Å²) < 4.78 is 12.3. The topological polar surface area (TPSA) is 55.8 Å². The molecule has 1 aliphatic heterocycles. The Morgan fingerprint density at radius 3 is 2.46 bits per heavy atom. The van der Waals surface area contributed by atoms with E-state index < -0.39 is 5.97 Å². The van der Waals surface area contributed by atoms with E-state index >= 15 is 0 Å². The highest BCUT2D eigenvalue weighted by molar-refractivity contribution is 14.1. The number of benzene rings is 2. The van der Waals surface area contributed by atoms with Crippen molar-refractivity contribution in [2.75, 3.05) is 18.6 Å². The van der Waals surface area contributed by atoms with Crippen LogP contribution in [0.25, 0.3) is 6.08 Å². The summed E-state index contributed by atoms with van der Waals surface area (Å²) in [6, 6.07) is 13.1. The Kier molecular flexibility index (Phi) is 7.34. The molecule has 0 aromatic heterocycles. The van der Waals surface area contributed by atoms with Crippen LogP contribution in [0.1, 0.15) is 5.56 Å². The number of hydrogen-bond acceptors (Lipinski definition) is 6. The molecule has 9 heteroatoms. The highest BCUT2D eigenvalue weighted by Crippen LogP contribution is 2.37. The summed E-state index contributed by atoms with van der Waals surface area (Å²) in [6.07, 6.45) is 1.82. The van der Waals surface area contributed by atoms with Crippen LogP contribution in [0.2, 0.25) is 0 Å². The van der Waals surface area contributed by atoms with Crippen molar-refractivity contribution in [1.29, 1.82) is 0 Å². The Morgan fingerprint density at radius 1 is 1.21 bits per heavy atom. The normalized spacial score (nSPS) is 15.2. The third-order valence-corrected chi connectivity index (χ3v) is 6.59. The molecule has 0 N–H and O–H groups in total. The Labute approximate surface area is 199 Å². The summed E-state index contributed by atoms with van der Waals surface area (Å²) in [6.45, 7) is -0.155. The first kappa shape index (κ1) is 21.5. The maximum absolute atomic E-state index is 12.8. The molecule has 1 heterocycles. The van der Waals surface area contributed by atoms with Gasteiger partial charge in [-0.05, 0) is 81.1 Å².